The van der Waals surface area contributed by atoms with Gasteiger partial charge in [0.2, 0.25) is 5.91 Å². The van der Waals surface area contributed by atoms with Crippen LogP contribution in [-0.4, -0.2) is 29.6 Å². The van der Waals surface area contributed by atoms with Gasteiger partial charge in [-0.05, 0) is 12.3 Å². The van der Waals surface area contributed by atoms with Crippen molar-refractivity contribution in [3.8, 4) is 0 Å². The largest absolute Gasteiger partial charge is 0.481 e. The molecule has 0 aliphatic carbocycles. The average molecular weight is 216 g/mol. The van der Waals surface area contributed by atoms with Gasteiger partial charge >= 0.3 is 5.97 Å². The number of aliphatic carboxylic acids is 1. The number of nitrogens with one attached hydrogen (secondary N) is 1. The number of hydrogen-bond acceptors (Lipinski definition) is 3. The van der Waals surface area contributed by atoms with Gasteiger partial charge in [-0.1, -0.05) is 20.8 Å². The second-order valence-corrected chi connectivity index (χ2v) is 4.09. The molecule has 88 valence electrons. The van der Waals surface area contributed by atoms with Crippen molar-refractivity contribution >= 4 is 11.9 Å². The summed E-state index contributed by atoms with van der Waals surface area (Å²) in [4.78, 5) is 21.8. The summed E-state index contributed by atoms with van der Waals surface area (Å²) in [5.41, 5.74) is 5.61. The molecular formula is C10H20N2O3. The molecule has 0 saturated carbocycles. The second kappa shape index (κ2) is 6.40. The maximum absolute atomic E-state index is 11.4. The SMILES string of the molecule is CC(CCNC(=O)[C@H](N)C(C)C)C(=O)O. The Morgan fingerprint density at radius 2 is 1.87 bits per heavy atom. The summed E-state index contributed by atoms with van der Waals surface area (Å²) in [6.45, 7) is 5.69. The van der Waals surface area contributed by atoms with E-state index in [-0.39, 0.29) is 11.8 Å². The van der Waals surface area contributed by atoms with Crippen LogP contribution in [0.5, 0.6) is 0 Å². The van der Waals surface area contributed by atoms with Crippen molar-refractivity contribution in [3.05, 3.63) is 0 Å². The number of nitrogens with two attached hydrogens (primary N) is 1. The molecule has 15 heavy (non-hydrogen) atoms. The number of carboxylic acid groups (broad SMARTS) is 1. The number of carbonyl (C=O) groups is 2. The summed E-state index contributed by atoms with van der Waals surface area (Å²) in [7, 11) is 0. The van der Waals surface area contributed by atoms with Crippen LogP contribution in [0.15, 0.2) is 0 Å². The van der Waals surface area contributed by atoms with Gasteiger partial charge in [0.05, 0.1) is 12.0 Å². The lowest BCUT2D eigenvalue weighted by atomic mass is 10.0. The van der Waals surface area contributed by atoms with Gasteiger partial charge in [-0.25, -0.2) is 0 Å². The monoisotopic (exact) mass is 216 g/mol. The van der Waals surface area contributed by atoms with Crippen LogP contribution in [0.2, 0.25) is 0 Å². The van der Waals surface area contributed by atoms with Crippen LogP contribution in [0.25, 0.3) is 0 Å². The van der Waals surface area contributed by atoms with Crippen molar-refractivity contribution in [2.75, 3.05) is 6.54 Å². The third-order valence-corrected chi connectivity index (χ3v) is 2.32. The zero-order valence-electron chi connectivity index (χ0n) is 9.49. The van der Waals surface area contributed by atoms with Gasteiger partial charge in [-0.2, -0.15) is 0 Å². The molecule has 0 spiro atoms. The minimum absolute atomic E-state index is 0.0851. The van der Waals surface area contributed by atoms with E-state index in [1.807, 2.05) is 13.8 Å². The first kappa shape index (κ1) is 13.9. The van der Waals surface area contributed by atoms with Gasteiger partial charge < -0.3 is 16.2 Å². The molecule has 0 aromatic heterocycles. The molecule has 0 aliphatic rings. The number of rotatable bonds is 6. The summed E-state index contributed by atoms with van der Waals surface area (Å²) in [5.74, 6) is -1.43. The molecule has 4 N–H and O–H groups in total. The molecule has 0 aromatic carbocycles. The number of amides is 1. The van der Waals surface area contributed by atoms with E-state index < -0.39 is 17.9 Å². The zero-order valence-corrected chi connectivity index (χ0v) is 9.49. The van der Waals surface area contributed by atoms with Crippen molar-refractivity contribution in [1.29, 1.82) is 0 Å². The molecule has 0 radical (unpaired) electrons. The Kier molecular flexibility index (Phi) is 5.93. The fourth-order valence-electron chi connectivity index (χ4n) is 0.956. The predicted molar refractivity (Wildman–Crippen MR) is 57.2 cm³/mol. The Morgan fingerprint density at radius 3 is 2.27 bits per heavy atom. The van der Waals surface area contributed by atoms with Gasteiger partial charge in [0, 0.05) is 6.54 Å². The lowest BCUT2D eigenvalue weighted by Gasteiger charge is -2.15. The lowest BCUT2D eigenvalue weighted by Crippen LogP contribution is -2.44. The zero-order chi connectivity index (χ0) is 12.0. The predicted octanol–water partition coefficient (Wildman–Crippen LogP) is 0.197. The summed E-state index contributed by atoms with van der Waals surface area (Å²) in [6.07, 6.45) is 0.423. The summed E-state index contributed by atoms with van der Waals surface area (Å²) in [5, 5.41) is 11.2. The third kappa shape index (κ3) is 5.37. The highest BCUT2D eigenvalue weighted by atomic mass is 16.4. The van der Waals surface area contributed by atoms with Crippen LogP contribution in [0.1, 0.15) is 27.2 Å². The minimum atomic E-state index is -0.850. The van der Waals surface area contributed by atoms with Crippen molar-refractivity contribution < 1.29 is 14.7 Å². The maximum Gasteiger partial charge on any atom is 0.306 e. The van der Waals surface area contributed by atoms with Crippen LogP contribution in [-0.2, 0) is 9.59 Å². The molecule has 0 fully saturated rings. The Bertz CT molecular complexity index is 229. The number of carbonyl (C=O) groups excluding carboxylic acids is 1. The first-order chi connectivity index (χ1) is 6.86. The number of hydrogen-bond donors (Lipinski definition) is 3. The van der Waals surface area contributed by atoms with E-state index in [0.717, 1.165) is 0 Å². The fraction of sp³-hybridized carbons (Fsp3) is 0.800. The van der Waals surface area contributed by atoms with E-state index in [1.54, 1.807) is 6.92 Å². The third-order valence-electron chi connectivity index (χ3n) is 2.32. The molecule has 5 heteroatoms. The highest BCUT2D eigenvalue weighted by Gasteiger charge is 2.17. The molecule has 2 atom stereocenters. The molecule has 0 saturated heterocycles. The van der Waals surface area contributed by atoms with Crippen LogP contribution < -0.4 is 11.1 Å². The molecule has 0 bridgehead atoms. The quantitative estimate of drug-likeness (QED) is 0.591. The van der Waals surface area contributed by atoms with Crippen LogP contribution >= 0.6 is 0 Å². The summed E-state index contributed by atoms with van der Waals surface area (Å²) >= 11 is 0. The maximum atomic E-state index is 11.4. The molecule has 1 unspecified atom stereocenters. The highest BCUT2D eigenvalue weighted by Crippen LogP contribution is 2.01. The molecule has 0 heterocycles. The van der Waals surface area contributed by atoms with E-state index in [2.05, 4.69) is 5.32 Å². The van der Waals surface area contributed by atoms with Gasteiger partial charge in [-0.3, -0.25) is 9.59 Å². The first-order valence-corrected chi connectivity index (χ1v) is 5.12. The van der Waals surface area contributed by atoms with E-state index in [9.17, 15) is 9.59 Å². The Labute approximate surface area is 90.0 Å². The smallest absolute Gasteiger partial charge is 0.306 e. The standard InChI is InChI=1S/C10H20N2O3/c1-6(2)8(11)9(13)12-5-4-7(3)10(14)15/h6-8H,4-5,11H2,1-3H3,(H,12,13)(H,14,15)/t7?,8-/m1/s1. The average Bonchev–Trinajstić information content (AvgIpc) is 2.15. The van der Waals surface area contributed by atoms with E-state index >= 15 is 0 Å². The van der Waals surface area contributed by atoms with Gasteiger partial charge in [-0.15, -0.1) is 0 Å². The van der Waals surface area contributed by atoms with Crippen LogP contribution in [0.3, 0.4) is 0 Å². The van der Waals surface area contributed by atoms with Gasteiger partial charge in [0.1, 0.15) is 0 Å². The van der Waals surface area contributed by atoms with E-state index in [0.29, 0.717) is 13.0 Å². The molecule has 0 aromatic rings. The summed E-state index contributed by atoms with van der Waals surface area (Å²) in [6, 6.07) is -0.523. The molecule has 1 amide bonds. The Morgan fingerprint density at radius 1 is 1.33 bits per heavy atom. The topological polar surface area (TPSA) is 92.4 Å². The van der Waals surface area contributed by atoms with Gasteiger partial charge in [0.15, 0.2) is 0 Å². The molecule has 0 rings (SSSR count). The van der Waals surface area contributed by atoms with Crippen LogP contribution in [0, 0.1) is 11.8 Å². The van der Waals surface area contributed by atoms with Crippen molar-refractivity contribution in [3.63, 3.8) is 0 Å². The lowest BCUT2D eigenvalue weighted by molar-refractivity contribution is -0.141. The second-order valence-electron chi connectivity index (χ2n) is 4.09. The highest BCUT2D eigenvalue weighted by molar-refractivity contribution is 5.81. The Hall–Kier alpha value is -1.10. The first-order valence-electron chi connectivity index (χ1n) is 5.12. The normalized spacial score (nSPS) is 14.7. The fourth-order valence-corrected chi connectivity index (χ4v) is 0.956. The van der Waals surface area contributed by atoms with Gasteiger partial charge in [0.25, 0.3) is 0 Å². The number of carboxylic acids is 1. The molecule has 0 aliphatic heterocycles. The van der Waals surface area contributed by atoms with Crippen LogP contribution in [0.4, 0.5) is 0 Å². The van der Waals surface area contributed by atoms with Crippen molar-refractivity contribution in [1.82, 2.24) is 5.32 Å². The Balaban J connectivity index is 3.78. The van der Waals surface area contributed by atoms with Crippen molar-refractivity contribution in [2.24, 2.45) is 17.6 Å². The van der Waals surface area contributed by atoms with E-state index in [4.69, 9.17) is 10.8 Å². The summed E-state index contributed by atoms with van der Waals surface area (Å²) < 4.78 is 0. The minimum Gasteiger partial charge on any atom is -0.481 e. The molecule has 5 nitrogen and oxygen atoms in total. The van der Waals surface area contributed by atoms with E-state index in [1.165, 1.54) is 0 Å². The van der Waals surface area contributed by atoms with Crippen molar-refractivity contribution in [2.45, 2.75) is 33.2 Å². The molecular weight excluding hydrogens is 196 g/mol.